The summed E-state index contributed by atoms with van der Waals surface area (Å²) in [5, 5.41) is 4.40. The second kappa shape index (κ2) is 9.99. The molecule has 3 aromatic heterocycles. The van der Waals surface area contributed by atoms with Gasteiger partial charge in [0.2, 0.25) is 0 Å². The van der Waals surface area contributed by atoms with Gasteiger partial charge < -0.3 is 20.1 Å². The zero-order valence-electron chi connectivity index (χ0n) is 21.4. The first kappa shape index (κ1) is 23.6. The molecule has 3 aliphatic rings. The van der Waals surface area contributed by atoms with Crippen LogP contribution in [0.1, 0.15) is 31.4 Å². The van der Waals surface area contributed by atoms with Gasteiger partial charge in [0.25, 0.3) is 0 Å². The summed E-state index contributed by atoms with van der Waals surface area (Å²) in [5.74, 6) is 1.66. The second-order valence-corrected chi connectivity index (χ2v) is 11.5. The highest BCUT2D eigenvalue weighted by atomic mass is 32.1. The second-order valence-electron chi connectivity index (χ2n) is 10.6. The molecule has 5 heterocycles. The van der Waals surface area contributed by atoms with Gasteiger partial charge in [-0.3, -0.25) is 4.90 Å². The number of aromatic amines is 1. The molecular formula is C28H32N8OS. The third kappa shape index (κ3) is 4.63. The third-order valence-corrected chi connectivity index (χ3v) is 9.02. The number of thiazole rings is 1. The Kier molecular flexibility index (Phi) is 6.21. The Hall–Kier alpha value is -3.50. The highest BCUT2D eigenvalue weighted by molar-refractivity contribution is 7.16. The first-order chi connectivity index (χ1) is 18.7. The summed E-state index contributed by atoms with van der Waals surface area (Å²) in [6.07, 6.45) is 8.73. The third-order valence-electron chi connectivity index (χ3n) is 8.23. The molecule has 7 rings (SSSR count). The molecule has 2 amide bonds. The number of hydrogen-bond acceptors (Lipinski definition) is 7. The largest absolute Gasteiger partial charge is 0.340 e. The highest BCUT2D eigenvalue weighted by Crippen LogP contribution is 2.31. The van der Waals surface area contributed by atoms with Crippen LogP contribution in [-0.4, -0.2) is 86.5 Å². The smallest absolute Gasteiger partial charge is 0.320 e. The predicted octanol–water partition coefficient (Wildman–Crippen LogP) is 4.94. The fourth-order valence-corrected chi connectivity index (χ4v) is 6.45. The van der Waals surface area contributed by atoms with Crippen molar-refractivity contribution in [3.63, 3.8) is 0 Å². The van der Waals surface area contributed by atoms with Gasteiger partial charge in [0.1, 0.15) is 17.8 Å². The van der Waals surface area contributed by atoms with Crippen molar-refractivity contribution in [2.45, 2.75) is 25.7 Å². The Bertz CT molecular complexity index is 1500. The van der Waals surface area contributed by atoms with Crippen LogP contribution in [0.3, 0.4) is 0 Å². The van der Waals surface area contributed by atoms with Crippen LogP contribution < -0.4 is 5.32 Å². The van der Waals surface area contributed by atoms with E-state index in [0.717, 1.165) is 83.5 Å². The van der Waals surface area contributed by atoms with Crippen molar-refractivity contribution in [3.8, 4) is 0 Å². The molecule has 4 aromatic rings. The number of carbonyl (C=O) groups is 1. The Morgan fingerprint density at radius 2 is 1.95 bits per heavy atom. The number of hydrogen-bond donors (Lipinski definition) is 2. The topological polar surface area (TPSA) is 93.3 Å². The Morgan fingerprint density at radius 1 is 1.05 bits per heavy atom. The SMILES string of the molecule is O=C(N1CC=C(c2cc3c(Nc4ccc5ncsc5c4)ncnc3[nH]2)CC1)N1CCN(CC2CCC2)CC1. The van der Waals surface area contributed by atoms with Crippen LogP contribution in [0.2, 0.25) is 0 Å². The minimum absolute atomic E-state index is 0.176. The molecule has 38 heavy (non-hydrogen) atoms. The van der Waals surface area contributed by atoms with Crippen LogP contribution in [0.25, 0.3) is 26.8 Å². The molecule has 196 valence electrons. The van der Waals surface area contributed by atoms with Crippen molar-refractivity contribution < 1.29 is 4.79 Å². The van der Waals surface area contributed by atoms with E-state index in [1.807, 2.05) is 27.4 Å². The normalized spacial score (nSPS) is 19.1. The fraction of sp³-hybridized carbons (Fsp3) is 0.429. The maximum atomic E-state index is 13.2. The van der Waals surface area contributed by atoms with E-state index in [4.69, 9.17) is 0 Å². The molecule has 10 heteroatoms. The van der Waals surface area contributed by atoms with Crippen LogP contribution in [0.15, 0.2) is 42.2 Å². The Balaban J connectivity index is 1.01. The van der Waals surface area contributed by atoms with E-state index < -0.39 is 0 Å². The molecule has 1 aromatic carbocycles. The van der Waals surface area contributed by atoms with Crippen molar-refractivity contribution in [3.05, 3.63) is 47.9 Å². The quantitative estimate of drug-likeness (QED) is 0.381. The number of fused-ring (bicyclic) bond motifs is 2. The van der Waals surface area contributed by atoms with Gasteiger partial charge in [0.05, 0.1) is 21.1 Å². The van der Waals surface area contributed by atoms with Gasteiger partial charge in [0, 0.05) is 57.2 Å². The molecule has 1 saturated heterocycles. The molecule has 2 fully saturated rings. The van der Waals surface area contributed by atoms with E-state index in [0.29, 0.717) is 6.54 Å². The van der Waals surface area contributed by atoms with E-state index in [-0.39, 0.29) is 6.03 Å². The van der Waals surface area contributed by atoms with E-state index in [1.165, 1.54) is 31.4 Å². The standard InChI is InChI=1S/C28H32N8OS/c37-28(36-12-10-34(11-13-36)16-19-2-1-3-19)35-8-6-20(7-9-35)24-15-22-26(29-17-30-27(22)33-24)32-21-4-5-23-25(14-21)38-18-31-23/h4-6,14-15,17-19H,1-3,7-13,16H2,(H2,29,30,32,33). The van der Waals surface area contributed by atoms with Gasteiger partial charge in [-0.15, -0.1) is 11.3 Å². The molecule has 0 atom stereocenters. The zero-order valence-corrected chi connectivity index (χ0v) is 22.2. The van der Waals surface area contributed by atoms with Crippen molar-refractivity contribution in [2.24, 2.45) is 5.92 Å². The summed E-state index contributed by atoms with van der Waals surface area (Å²) in [6.45, 7) is 6.26. The van der Waals surface area contributed by atoms with Crippen molar-refractivity contribution in [1.82, 2.24) is 34.6 Å². The maximum Gasteiger partial charge on any atom is 0.320 e. The number of benzene rings is 1. The number of rotatable bonds is 5. The van der Waals surface area contributed by atoms with Crippen LogP contribution in [-0.2, 0) is 0 Å². The minimum atomic E-state index is 0.176. The minimum Gasteiger partial charge on any atom is -0.340 e. The lowest BCUT2D eigenvalue weighted by atomic mass is 9.85. The highest BCUT2D eigenvalue weighted by Gasteiger charge is 2.28. The first-order valence-electron chi connectivity index (χ1n) is 13.6. The number of anilines is 2. The van der Waals surface area contributed by atoms with Crippen LogP contribution in [0.5, 0.6) is 0 Å². The van der Waals surface area contributed by atoms with Crippen LogP contribution in [0, 0.1) is 5.92 Å². The molecule has 0 radical (unpaired) electrons. The van der Waals surface area contributed by atoms with Crippen molar-refractivity contribution in [2.75, 3.05) is 51.1 Å². The average molecular weight is 529 g/mol. The summed E-state index contributed by atoms with van der Waals surface area (Å²) < 4.78 is 1.14. The average Bonchev–Trinajstić information content (AvgIpc) is 3.58. The summed E-state index contributed by atoms with van der Waals surface area (Å²) in [5.41, 5.74) is 6.89. The first-order valence-corrected chi connectivity index (χ1v) is 14.5. The number of urea groups is 1. The van der Waals surface area contributed by atoms with Crippen molar-refractivity contribution >= 4 is 55.7 Å². The molecule has 9 nitrogen and oxygen atoms in total. The van der Waals surface area contributed by atoms with E-state index in [2.05, 4.69) is 48.4 Å². The zero-order chi connectivity index (χ0) is 25.5. The lowest BCUT2D eigenvalue weighted by Gasteiger charge is -2.40. The maximum absolute atomic E-state index is 13.2. The van der Waals surface area contributed by atoms with Gasteiger partial charge >= 0.3 is 6.03 Å². The van der Waals surface area contributed by atoms with Gasteiger partial charge in [-0.2, -0.15) is 0 Å². The number of piperazine rings is 1. The number of nitrogens with one attached hydrogen (secondary N) is 2. The number of amides is 2. The summed E-state index contributed by atoms with van der Waals surface area (Å²) in [6, 6.07) is 8.43. The lowest BCUT2D eigenvalue weighted by molar-refractivity contribution is 0.0960. The van der Waals surface area contributed by atoms with E-state index in [1.54, 1.807) is 17.7 Å². The van der Waals surface area contributed by atoms with Crippen molar-refractivity contribution in [1.29, 1.82) is 0 Å². The van der Waals surface area contributed by atoms with Gasteiger partial charge in [-0.25, -0.2) is 19.7 Å². The summed E-state index contributed by atoms with van der Waals surface area (Å²) >= 11 is 1.62. The van der Waals surface area contributed by atoms with Crippen LogP contribution >= 0.6 is 11.3 Å². The number of nitrogens with zero attached hydrogens (tertiary/aromatic N) is 6. The van der Waals surface area contributed by atoms with E-state index in [9.17, 15) is 4.79 Å². The summed E-state index contributed by atoms with van der Waals surface area (Å²) in [4.78, 5) is 36.5. The number of aromatic nitrogens is 4. The molecule has 0 bridgehead atoms. The van der Waals surface area contributed by atoms with Gasteiger partial charge in [-0.1, -0.05) is 12.5 Å². The molecular weight excluding hydrogens is 496 g/mol. The monoisotopic (exact) mass is 528 g/mol. The Morgan fingerprint density at radius 3 is 2.74 bits per heavy atom. The molecule has 2 aliphatic heterocycles. The molecule has 2 N–H and O–H groups in total. The molecule has 1 saturated carbocycles. The Labute approximate surface area is 225 Å². The number of H-pyrrole nitrogens is 1. The van der Waals surface area contributed by atoms with Gasteiger partial charge in [-0.05, 0) is 55.0 Å². The fourth-order valence-electron chi connectivity index (χ4n) is 5.73. The molecule has 0 spiro atoms. The van der Waals surface area contributed by atoms with Gasteiger partial charge in [0.15, 0.2) is 0 Å². The summed E-state index contributed by atoms with van der Waals surface area (Å²) in [7, 11) is 0. The molecule has 1 aliphatic carbocycles. The van der Waals surface area contributed by atoms with E-state index >= 15 is 0 Å². The lowest BCUT2D eigenvalue weighted by Crippen LogP contribution is -2.54. The molecule has 0 unspecified atom stereocenters. The van der Waals surface area contributed by atoms with Crippen LogP contribution in [0.4, 0.5) is 16.3 Å². The predicted molar refractivity (Wildman–Crippen MR) is 152 cm³/mol. The number of carbonyl (C=O) groups excluding carboxylic acids is 1.